The van der Waals surface area contributed by atoms with E-state index in [-0.39, 0.29) is 6.10 Å². The van der Waals surface area contributed by atoms with E-state index in [0.29, 0.717) is 12.5 Å². The van der Waals surface area contributed by atoms with Crippen LogP contribution in [0.2, 0.25) is 0 Å². The van der Waals surface area contributed by atoms with E-state index in [2.05, 4.69) is 13.8 Å². The Hall–Kier alpha value is -0.0800. The first-order chi connectivity index (χ1) is 5.76. The van der Waals surface area contributed by atoms with Gasteiger partial charge in [0.15, 0.2) is 0 Å². The van der Waals surface area contributed by atoms with Crippen LogP contribution in [0.3, 0.4) is 0 Å². The molecule has 0 aromatic rings. The van der Waals surface area contributed by atoms with Crippen LogP contribution in [0.25, 0.3) is 0 Å². The maximum atomic E-state index is 9.65. The second kappa shape index (κ2) is 7.56. The van der Waals surface area contributed by atoms with Crippen LogP contribution in [0.5, 0.6) is 0 Å². The quantitative estimate of drug-likeness (QED) is 0.641. The molecule has 0 aliphatic heterocycles. The summed E-state index contributed by atoms with van der Waals surface area (Å²) in [6.45, 7) is 4.79. The fourth-order valence-electron chi connectivity index (χ4n) is 1.58. The molecule has 0 spiro atoms. The van der Waals surface area contributed by atoms with Crippen LogP contribution in [0.15, 0.2) is 0 Å². The van der Waals surface area contributed by atoms with E-state index in [0.717, 1.165) is 25.7 Å². The molecule has 1 atom stereocenters. The molecule has 0 rings (SSSR count). The van der Waals surface area contributed by atoms with Crippen molar-refractivity contribution in [3.63, 3.8) is 0 Å². The lowest BCUT2D eigenvalue weighted by atomic mass is 9.93. The van der Waals surface area contributed by atoms with Gasteiger partial charge in [-0.15, -0.1) is 0 Å². The zero-order chi connectivity index (χ0) is 9.40. The van der Waals surface area contributed by atoms with Crippen molar-refractivity contribution in [3.8, 4) is 0 Å². The standard InChI is InChI=1S/C10H22O2/c1-4-6-9(7-5-2)10(11)8-12-3/h9-11H,4-8H2,1-3H3. The highest BCUT2D eigenvalue weighted by molar-refractivity contribution is 4.67. The van der Waals surface area contributed by atoms with Crippen molar-refractivity contribution in [3.05, 3.63) is 0 Å². The zero-order valence-electron chi connectivity index (χ0n) is 8.55. The third-order valence-electron chi connectivity index (χ3n) is 2.20. The molecule has 0 amide bonds. The third-order valence-corrected chi connectivity index (χ3v) is 2.20. The molecule has 0 saturated carbocycles. The average Bonchev–Trinajstić information content (AvgIpc) is 2.04. The molecule has 0 bridgehead atoms. The number of hydrogen-bond acceptors (Lipinski definition) is 2. The van der Waals surface area contributed by atoms with Gasteiger partial charge in [-0.1, -0.05) is 26.7 Å². The van der Waals surface area contributed by atoms with Crippen molar-refractivity contribution in [1.29, 1.82) is 0 Å². The maximum Gasteiger partial charge on any atom is 0.0801 e. The van der Waals surface area contributed by atoms with E-state index in [1.165, 1.54) is 0 Å². The summed E-state index contributed by atoms with van der Waals surface area (Å²) in [4.78, 5) is 0. The van der Waals surface area contributed by atoms with Gasteiger partial charge < -0.3 is 9.84 Å². The molecule has 1 unspecified atom stereocenters. The van der Waals surface area contributed by atoms with Gasteiger partial charge in [0, 0.05) is 7.11 Å². The van der Waals surface area contributed by atoms with Crippen LogP contribution in [-0.2, 0) is 4.74 Å². The fraction of sp³-hybridized carbons (Fsp3) is 1.00. The van der Waals surface area contributed by atoms with Gasteiger partial charge in [-0.2, -0.15) is 0 Å². The molecule has 0 aromatic heterocycles. The fourth-order valence-corrected chi connectivity index (χ4v) is 1.58. The van der Waals surface area contributed by atoms with Crippen molar-refractivity contribution in [2.75, 3.05) is 13.7 Å². The van der Waals surface area contributed by atoms with Crippen LogP contribution in [0, 0.1) is 5.92 Å². The van der Waals surface area contributed by atoms with Gasteiger partial charge in [0.1, 0.15) is 0 Å². The number of aliphatic hydroxyl groups is 1. The lowest BCUT2D eigenvalue weighted by molar-refractivity contribution is 0.0193. The molecular formula is C10H22O2. The van der Waals surface area contributed by atoms with Crippen LogP contribution < -0.4 is 0 Å². The smallest absolute Gasteiger partial charge is 0.0801 e. The molecule has 0 heterocycles. The second-order valence-electron chi connectivity index (χ2n) is 3.36. The molecule has 12 heavy (non-hydrogen) atoms. The lowest BCUT2D eigenvalue weighted by Gasteiger charge is -2.21. The summed E-state index contributed by atoms with van der Waals surface area (Å²) in [6.07, 6.45) is 4.24. The SMILES string of the molecule is CCCC(CCC)C(O)COC. The number of aliphatic hydroxyl groups excluding tert-OH is 1. The van der Waals surface area contributed by atoms with Crippen molar-refractivity contribution in [1.82, 2.24) is 0 Å². The van der Waals surface area contributed by atoms with E-state index in [9.17, 15) is 5.11 Å². The molecular weight excluding hydrogens is 152 g/mol. The summed E-state index contributed by atoms with van der Waals surface area (Å²) < 4.78 is 4.93. The zero-order valence-corrected chi connectivity index (χ0v) is 8.55. The highest BCUT2D eigenvalue weighted by atomic mass is 16.5. The van der Waals surface area contributed by atoms with Crippen LogP contribution in [0.1, 0.15) is 39.5 Å². The Bertz CT molecular complexity index is 87.8. The average molecular weight is 174 g/mol. The minimum atomic E-state index is -0.269. The normalized spacial score (nSPS) is 13.8. The number of hydrogen-bond donors (Lipinski definition) is 1. The summed E-state index contributed by atoms with van der Waals surface area (Å²) in [5.74, 6) is 0.431. The van der Waals surface area contributed by atoms with Crippen molar-refractivity contribution in [2.24, 2.45) is 5.92 Å². The van der Waals surface area contributed by atoms with Crippen LogP contribution in [0.4, 0.5) is 0 Å². The van der Waals surface area contributed by atoms with E-state index in [1.807, 2.05) is 0 Å². The topological polar surface area (TPSA) is 29.5 Å². The second-order valence-corrected chi connectivity index (χ2v) is 3.36. The van der Waals surface area contributed by atoms with Crippen LogP contribution >= 0.6 is 0 Å². The minimum absolute atomic E-state index is 0.269. The molecule has 74 valence electrons. The summed E-state index contributed by atoms with van der Waals surface area (Å²) >= 11 is 0. The van der Waals surface area contributed by atoms with Gasteiger partial charge in [-0.25, -0.2) is 0 Å². The van der Waals surface area contributed by atoms with E-state index < -0.39 is 0 Å². The predicted molar refractivity (Wildman–Crippen MR) is 51.2 cm³/mol. The van der Waals surface area contributed by atoms with E-state index >= 15 is 0 Å². The molecule has 0 aromatic carbocycles. The van der Waals surface area contributed by atoms with Crippen molar-refractivity contribution >= 4 is 0 Å². The molecule has 0 radical (unpaired) electrons. The highest BCUT2D eigenvalue weighted by Crippen LogP contribution is 2.17. The maximum absolute atomic E-state index is 9.65. The Balaban J connectivity index is 3.72. The number of methoxy groups -OCH3 is 1. The Labute approximate surface area is 75.9 Å². The van der Waals surface area contributed by atoms with Gasteiger partial charge in [0.05, 0.1) is 12.7 Å². The molecule has 0 aliphatic carbocycles. The molecule has 2 nitrogen and oxygen atoms in total. The Kier molecular flexibility index (Phi) is 7.51. The summed E-state index contributed by atoms with van der Waals surface area (Å²) in [5.41, 5.74) is 0. The monoisotopic (exact) mass is 174 g/mol. The first-order valence-corrected chi connectivity index (χ1v) is 4.93. The molecule has 0 saturated heterocycles. The first-order valence-electron chi connectivity index (χ1n) is 4.93. The third kappa shape index (κ3) is 4.73. The Morgan fingerprint density at radius 3 is 2.00 bits per heavy atom. The molecule has 0 aliphatic rings. The summed E-state index contributed by atoms with van der Waals surface area (Å²) in [5, 5.41) is 9.65. The van der Waals surface area contributed by atoms with Crippen molar-refractivity contribution in [2.45, 2.75) is 45.6 Å². The summed E-state index contributed by atoms with van der Waals surface area (Å²) in [7, 11) is 1.64. The Morgan fingerprint density at radius 1 is 1.17 bits per heavy atom. The molecule has 1 N–H and O–H groups in total. The predicted octanol–water partition coefficient (Wildman–Crippen LogP) is 2.21. The van der Waals surface area contributed by atoms with E-state index in [1.54, 1.807) is 7.11 Å². The van der Waals surface area contributed by atoms with Gasteiger partial charge in [0.25, 0.3) is 0 Å². The molecule has 0 fully saturated rings. The van der Waals surface area contributed by atoms with Gasteiger partial charge >= 0.3 is 0 Å². The number of ether oxygens (including phenoxy) is 1. The van der Waals surface area contributed by atoms with Gasteiger partial charge in [-0.3, -0.25) is 0 Å². The molecule has 2 heteroatoms. The van der Waals surface area contributed by atoms with Gasteiger partial charge in [0.2, 0.25) is 0 Å². The minimum Gasteiger partial charge on any atom is -0.390 e. The van der Waals surface area contributed by atoms with Gasteiger partial charge in [-0.05, 0) is 18.8 Å². The highest BCUT2D eigenvalue weighted by Gasteiger charge is 2.16. The van der Waals surface area contributed by atoms with E-state index in [4.69, 9.17) is 4.74 Å². The van der Waals surface area contributed by atoms with Crippen molar-refractivity contribution < 1.29 is 9.84 Å². The first kappa shape index (κ1) is 11.9. The summed E-state index contributed by atoms with van der Waals surface area (Å²) in [6, 6.07) is 0. The largest absolute Gasteiger partial charge is 0.390 e. The lowest BCUT2D eigenvalue weighted by Crippen LogP contribution is -2.25. The van der Waals surface area contributed by atoms with Crippen LogP contribution in [-0.4, -0.2) is 24.9 Å². The Morgan fingerprint density at radius 2 is 1.67 bits per heavy atom. The number of rotatable bonds is 7.